The third kappa shape index (κ3) is 3.44. The van der Waals surface area contributed by atoms with E-state index >= 15 is 0 Å². The molecule has 164 valence electrons. The van der Waals surface area contributed by atoms with Crippen LogP contribution in [0.25, 0.3) is 0 Å². The largest absolute Gasteiger partial charge is 0.462 e. The van der Waals surface area contributed by atoms with Crippen molar-refractivity contribution in [3.8, 4) is 0 Å². The van der Waals surface area contributed by atoms with Crippen LogP contribution in [0, 0.1) is 28.6 Å². The van der Waals surface area contributed by atoms with Gasteiger partial charge in [0, 0.05) is 25.8 Å². The summed E-state index contributed by atoms with van der Waals surface area (Å²) in [6.07, 6.45) is 11.5. The van der Waals surface area contributed by atoms with Gasteiger partial charge < -0.3 is 9.47 Å². The summed E-state index contributed by atoms with van der Waals surface area (Å²) in [5, 5.41) is 0. The second-order valence-corrected chi connectivity index (χ2v) is 10.2. The molecule has 0 aromatic rings. The Morgan fingerprint density at radius 1 is 0.967 bits per heavy atom. The first-order chi connectivity index (χ1) is 14.1. The summed E-state index contributed by atoms with van der Waals surface area (Å²) in [4.78, 5) is 35.3. The van der Waals surface area contributed by atoms with Crippen molar-refractivity contribution < 1.29 is 23.9 Å². The number of ketones is 1. The third-order valence-corrected chi connectivity index (χ3v) is 8.68. The van der Waals surface area contributed by atoms with Gasteiger partial charge in [-0.2, -0.15) is 0 Å². The number of fused-ring (bicyclic) bond motifs is 5. The highest BCUT2D eigenvalue weighted by Gasteiger charge is 2.57. The molecule has 6 atom stereocenters. The summed E-state index contributed by atoms with van der Waals surface area (Å²) in [7, 11) is 0. The maximum Gasteiger partial charge on any atom is 0.303 e. The van der Waals surface area contributed by atoms with Crippen LogP contribution in [-0.2, 0) is 23.9 Å². The number of carbonyl (C=O) groups is 3. The lowest BCUT2D eigenvalue weighted by Gasteiger charge is -2.57. The van der Waals surface area contributed by atoms with E-state index in [1.807, 2.05) is 0 Å². The van der Waals surface area contributed by atoms with E-state index in [1.54, 1.807) is 0 Å². The highest BCUT2D eigenvalue weighted by Crippen LogP contribution is 2.65. The van der Waals surface area contributed by atoms with Gasteiger partial charge in [-0.25, -0.2) is 0 Å². The smallest absolute Gasteiger partial charge is 0.303 e. The predicted molar refractivity (Wildman–Crippen MR) is 112 cm³/mol. The molecule has 4 aliphatic rings. The van der Waals surface area contributed by atoms with Crippen molar-refractivity contribution in [1.82, 2.24) is 0 Å². The lowest BCUT2D eigenvalue weighted by molar-refractivity contribution is -0.148. The fraction of sp³-hybridized carbons (Fsp3) is 0.720. The monoisotopic (exact) mass is 414 g/mol. The lowest BCUT2D eigenvalue weighted by atomic mass is 9.47. The Hall–Kier alpha value is -1.91. The molecule has 0 saturated heterocycles. The maximum absolute atomic E-state index is 12.8. The molecule has 0 aliphatic heterocycles. The zero-order valence-electron chi connectivity index (χ0n) is 18.7. The topological polar surface area (TPSA) is 69.7 Å². The number of esters is 2. The molecule has 2 fully saturated rings. The molecular formula is C25H34O5. The van der Waals surface area contributed by atoms with Crippen molar-refractivity contribution in [1.29, 1.82) is 0 Å². The molecule has 1 unspecified atom stereocenters. The van der Waals surface area contributed by atoms with E-state index in [-0.39, 0.29) is 35.3 Å². The van der Waals surface area contributed by atoms with E-state index in [1.165, 1.54) is 19.4 Å². The van der Waals surface area contributed by atoms with Gasteiger partial charge in [0.2, 0.25) is 0 Å². The first-order valence-corrected chi connectivity index (χ1v) is 11.4. The van der Waals surface area contributed by atoms with E-state index in [9.17, 15) is 14.4 Å². The summed E-state index contributed by atoms with van der Waals surface area (Å²) >= 11 is 0. The average molecular weight is 415 g/mol. The van der Waals surface area contributed by atoms with Gasteiger partial charge in [0.25, 0.3) is 0 Å². The molecule has 0 spiro atoms. The summed E-state index contributed by atoms with van der Waals surface area (Å²) in [5.41, 5.74) is 2.41. The van der Waals surface area contributed by atoms with Crippen LogP contribution in [0.1, 0.15) is 72.6 Å². The van der Waals surface area contributed by atoms with Gasteiger partial charge in [-0.1, -0.05) is 31.6 Å². The van der Waals surface area contributed by atoms with Crippen molar-refractivity contribution in [2.24, 2.45) is 28.6 Å². The first-order valence-electron chi connectivity index (χ1n) is 11.4. The molecule has 2 saturated carbocycles. The lowest BCUT2D eigenvalue weighted by Crippen LogP contribution is -2.50. The molecule has 0 aromatic heterocycles. The Morgan fingerprint density at radius 3 is 2.40 bits per heavy atom. The fourth-order valence-corrected chi connectivity index (χ4v) is 7.21. The van der Waals surface area contributed by atoms with Gasteiger partial charge in [-0.3, -0.25) is 14.4 Å². The molecule has 0 heterocycles. The predicted octanol–water partition coefficient (Wildman–Crippen LogP) is 4.55. The van der Waals surface area contributed by atoms with E-state index in [4.69, 9.17) is 9.47 Å². The molecule has 0 aromatic carbocycles. The molecule has 4 aliphatic carbocycles. The van der Waals surface area contributed by atoms with Crippen LogP contribution in [0.4, 0.5) is 0 Å². The number of Topliss-reactive ketones (excluding diaryl/α,β-unsaturated/α-hetero) is 1. The molecule has 0 amide bonds. The van der Waals surface area contributed by atoms with Crippen LogP contribution in [0.2, 0.25) is 0 Å². The Balaban J connectivity index is 1.52. The number of hydrogen-bond acceptors (Lipinski definition) is 5. The van der Waals surface area contributed by atoms with E-state index in [2.05, 4.69) is 26.0 Å². The third-order valence-electron chi connectivity index (χ3n) is 8.68. The minimum absolute atomic E-state index is 0.0193. The quantitative estimate of drug-likeness (QED) is 0.499. The van der Waals surface area contributed by atoms with Crippen molar-refractivity contribution in [3.05, 3.63) is 23.3 Å². The molecule has 30 heavy (non-hydrogen) atoms. The van der Waals surface area contributed by atoms with Crippen LogP contribution in [-0.4, -0.2) is 30.4 Å². The SMILES string of the molecule is CC(=O)OCC(=O)C1=CC[C@H]2[C@@H]3CC=C4CC(OC(C)=O)CC[C@]4(C)[C@H]3CC[C@]12C. The maximum atomic E-state index is 12.8. The standard InChI is InChI=1S/C25H34O5/c1-15(26)29-14-23(28)22-8-7-20-19-6-5-17-13-18(30-16(2)27)9-11-24(17,3)21(19)10-12-25(20,22)4/h5,8,18-21H,6-7,9-14H2,1-4H3/t18?,19-,20-,21-,24-,25-/m0/s1. The van der Waals surface area contributed by atoms with Gasteiger partial charge >= 0.3 is 11.9 Å². The Morgan fingerprint density at radius 2 is 1.70 bits per heavy atom. The number of rotatable bonds is 4. The van der Waals surface area contributed by atoms with Crippen LogP contribution in [0.5, 0.6) is 0 Å². The van der Waals surface area contributed by atoms with Gasteiger partial charge in [-0.15, -0.1) is 0 Å². The molecule has 5 nitrogen and oxygen atoms in total. The van der Waals surface area contributed by atoms with Crippen molar-refractivity contribution in [3.63, 3.8) is 0 Å². The molecule has 0 N–H and O–H groups in total. The fourth-order valence-electron chi connectivity index (χ4n) is 7.21. The molecule has 5 heteroatoms. The zero-order valence-corrected chi connectivity index (χ0v) is 18.7. The van der Waals surface area contributed by atoms with Crippen molar-refractivity contribution in [2.45, 2.75) is 78.7 Å². The number of ether oxygens (including phenoxy) is 2. The summed E-state index contributed by atoms with van der Waals surface area (Å²) < 4.78 is 10.5. The summed E-state index contributed by atoms with van der Waals surface area (Å²) in [6, 6.07) is 0. The zero-order chi connectivity index (χ0) is 21.7. The van der Waals surface area contributed by atoms with Crippen LogP contribution >= 0.6 is 0 Å². The van der Waals surface area contributed by atoms with Gasteiger partial charge in [-0.05, 0) is 67.1 Å². The average Bonchev–Trinajstić information content (AvgIpc) is 3.03. The summed E-state index contributed by atoms with van der Waals surface area (Å²) in [6.45, 7) is 7.36. The highest BCUT2D eigenvalue weighted by molar-refractivity contribution is 5.99. The van der Waals surface area contributed by atoms with Crippen LogP contribution < -0.4 is 0 Å². The highest BCUT2D eigenvalue weighted by atomic mass is 16.5. The van der Waals surface area contributed by atoms with E-state index in [0.717, 1.165) is 50.5 Å². The Kier molecular flexibility index (Phi) is 5.44. The molecule has 4 rings (SSSR count). The minimum Gasteiger partial charge on any atom is -0.462 e. The van der Waals surface area contributed by atoms with Gasteiger partial charge in [0.1, 0.15) is 6.10 Å². The Labute approximate surface area is 179 Å². The van der Waals surface area contributed by atoms with E-state index in [0.29, 0.717) is 17.8 Å². The van der Waals surface area contributed by atoms with Crippen molar-refractivity contribution >= 4 is 17.7 Å². The molecular weight excluding hydrogens is 380 g/mol. The van der Waals surface area contributed by atoms with Gasteiger partial charge in [0.05, 0.1) is 0 Å². The molecule has 0 bridgehead atoms. The van der Waals surface area contributed by atoms with Crippen LogP contribution in [0.15, 0.2) is 23.3 Å². The van der Waals surface area contributed by atoms with E-state index < -0.39 is 5.97 Å². The molecule has 0 radical (unpaired) electrons. The van der Waals surface area contributed by atoms with Crippen LogP contribution in [0.3, 0.4) is 0 Å². The van der Waals surface area contributed by atoms with Gasteiger partial charge in [0.15, 0.2) is 12.4 Å². The number of hydrogen-bond donors (Lipinski definition) is 0. The minimum atomic E-state index is -0.408. The van der Waals surface area contributed by atoms with Crippen molar-refractivity contribution in [2.75, 3.05) is 6.61 Å². The summed E-state index contributed by atoms with van der Waals surface area (Å²) in [5.74, 6) is 1.02. The normalized spacial score (nSPS) is 39.6. The second kappa shape index (κ2) is 7.65. The first kappa shape index (κ1) is 21.3. The second-order valence-electron chi connectivity index (χ2n) is 10.2. The Bertz CT molecular complexity index is 823. The number of allylic oxidation sites excluding steroid dienone is 2. The number of carbonyl (C=O) groups excluding carboxylic acids is 3.